The Balaban J connectivity index is 1.88. The fourth-order valence-electron chi connectivity index (χ4n) is 7.74. The molecule has 0 spiro atoms. The zero-order valence-electron chi connectivity index (χ0n) is 19.4. The Labute approximate surface area is 197 Å². The minimum atomic E-state index is -2.25. The maximum atomic E-state index is 17.2. The van der Waals surface area contributed by atoms with Crippen LogP contribution in [0.2, 0.25) is 0 Å². The van der Waals surface area contributed by atoms with E-state index in [2.05, 4.69) is 0 Å². The number of Topliss-reactive ketones (excluding diaryl/α,β-unsaturated/α-hetero) is 1. The van der Waals surface area contributed by atoms with Gasteiger partial charge in [-0.3, -0.25) is 14.4 Å². The molecule has 0 heterocycles. The molecule has 0 aliphatic heterocycles. The van der Waals surface area contributed by atoms with Gasteiger partial charge >= 0.3 is 5.97 Å². The molecule has 3 fully saturated rings. The van der Waals surface area contributed by atoms with Crippen LogP contribution < -0.4 is 0 Å². The van der Waals surface area contributed by atoms with Crippen molar-refractivity contribution in [3.05, 3.63) is 23.8 Å². The Morgan fingerprint density at radius 3 is 2.55 bits per heavy atom. The molecule has 5 nitrogen and oxygen atoms in total. The minimum absolute atomic E-state index is 0.0431. The number of carbonyl (C=O) groups excluding carboxylic acids is 3. The smallest absolute Gasteiger partial charge is 0.306 e. The summed E-state index contributed by atoms with van der Waals surface area (Å²) in [6.45, 7) is 6.64. The van der Waals surface area contributed by atoms with Gasteiger partial charge in [0.25, 0.3) is 0 Å². The third-order valence-corrected chi connectivity index (χ3v) is 9.51. The molecule has 4 aliphatic carbocycles. The highest BCUT2D eigenvalue weighted by Gasteiger charge is 2.77. The minimum Gasteiger partial charge on any atom is -0.450 e. The SMILES string of the molecule is CCC(=O)O[C@]1(C(=O)CCl)[C@@H](C)CC2C3C[C@H](F)C4=CC(=O)C=CC4(C)[C@@]3(F)[C@@H](O)CC21C. The van der Waals surface area contributed by atoms with E-state index in [1.54, 1.807) is 20.8 Å². The molecule has 0 amide bonds. The second-order valence-corrected chi connectivity index (χ2v) is 10.9. The van der Waals surface area contributed by atoms with Crippen molar-refractivity contribution in [1.29, 1.82) is 0 Å². The Bertz CT molecular complexity index is 964. The van der Waals surface area contributed by atoms with Gasteiger partial charge in [0, 0.05) is 29.1 Å². The molecule has 0 aromatic heterocycles. The molecule has 182 valence electrons. The quantitative estimate of drug-likeness (QED) is 0.481. The second-order valence-electron chi connectivity index (χ2n) is 10.6. The Kier molecular flexibility index (Phi) is 5.73. The summed E-state index contributed by atoms with van der Waals surface area (Å²) >= 11 is 5.97. The standard InChI is InChI=1S/C25H31ClF2O5/c1-5-21(32)33-25(20(31)12-26)13(2)8-15-16-10-18(27)17-9-14(29)6-7-22(17,3)24(16,28)19(30)11-23(15,25)4/h6-7,9,13,15-16,18-19,30H,5,8,10-12H2,1-4H3/t13-,15?,16?,18-,19-,22?,23?,24-,25-/m0/s1. The number of ether oxygens (including phenoxy) is 1. The van der Waals surface area contributed by atoms with Crippen molar-refractivity contribution in [2.45, 2.75) is 76.9 Å². The van der Waals surface area contributed by atoms with Gasteiger partial charge in [0.05, 0.1) is 12.0 Å². The molecule has 4 rings (SSSR count). The van der Waals surface area contributed by atoms with Crippen LogP contribution in [0.15, 0.2) is 23.8 Å². The van der Waals surface area contributed by atoms with Crippen molar-refractivity contribution < 1.29 is 33.0 Å². The molecule has 0 radical (unpaired) electrons. The first-order valence-electron chi connectivity index (χ1n) is 11.6. The van der Waals surface area contributed by atoms with Crippen LogP contribution >= 0.6 is 11.6 Å². The average Bonchev–Trinajstić information content (AvgIpc) is 2.98. The number of rotatable bonds is 4. The largest absolute Gasteiger partial charge is 0.450 e. The summed E-state index contributed by atoms with van der Waals surface area (Å²) < 4.78 is 38.5. The lowest BCUT2D eigenvalue weighted by molar-refractivity contribution is -0.230. The fourth-order valence-corrected chi connectivity index (χ4v) is 7.94. The van der Waals surface area contributed by atoms with Crippen LogP contribution in [-0.2, 0) is 19.1 Å². The van der Waals surface area contributed by atoms with Crippen molar-refractivity contribution in [2.75, 3.05) is 5.88 Å². The molecule has 8 heteroatoms. The topological polar surface area (TPSA) is 80.7 Å². The molecule has 33 heavy (non-hydrogen) atoms. The van der Waals surface area contributed by atoms with Gasteiger partial charge in [0.15, 0.2) is 22.8 Å². The van der Waals surface area contributed by atoms with Crippen LogP contribution in [0.5, 0.6) is 0 Å². The van der Waals surface area contributed by atoms with Crippen molar-refractivity contribution in [2.24, 2.45) is 28.6 Å². The van der Waals surface area contributed by atoms with Gasteiger partial charge in [-0.05, 0) is 49.8 Å². The number of aliphatic hydroxyl groups is 1. The lowest BCUT2D eigenvalue weighted by Crippen LogP contribution is -2.71. The summed E-state index contributed by atoms with van der Waals surface area (Å²) in [6, 6.07) is 0. The molecule has 0 aromatic rings. The van der Waals surface area contributed by atoms with Gasteiger partial charge in [-0.25, -0.2) is 8.78 Å². The van der Waals surface area contributed by atoms with E-state index in [0.29, 0.717) is 6.42 Å². The first-order valence-corrected chi connectivity index (χ1v) is 12.1. The van der Waals surface area contributed by atoms with Gasteiger partial charge in [-0.15, -0.1) is 11.6 Å². The van der Waals surface area contributed by atoms with Gasteiger partial charge in [-0.1, -0.05) is 26.8 Å². The van der Waals surface area contributed by atoms with Gasteiger partial charge in [0.2, 0.25) is 0 Å². The first kappa shape index (κ1) is 24.5. The lowest BCUT2D eigenvalue weighted by atomic mass is 9.44. The lowest BCUT2D eigenvalue weighted by Gasteiger charge is -2.63. The molecule has 0 saturated heterocycles. The van der Waals surface area contributed by atoms with E-state index in [-0.39, 0.29) is 24.8 Å². The van der Waals surface area contributed by atoms with E-state index in [4.69, 9.17) is 16.3 Å². The molecule has 9 atom stereocenters. The molecule has 4 unspecified atom stereocenters. The van der Waals surface area contributed by atoms with Crippen LogP contribution in [0.25, 0.3) is 0 Å². The number of aliphatic hydroxyl groups excluding tert-OH is 1. The normalized spacial score (nSPS) is 48.4. The highest BCUT2D eigenvalue weighted by molar-refractivity contribution is 6.29. The van der Waals surface area contributed by atoms with E-state index in [1.165, 1.54) is 19.1 Å². The highest BCUT2D eigenvalue weighted by Crippen LogP contribution is 2.71. The average molecular weight is 485 g/mol. The van der Waals surface area contributed by atoms with Gasteiger partial charge < -0.3 is 9.84 Å². The third-order valence-electron chi connectivity index (χ3n) is 9.27. The number of hydrogen-bond acceptors (Lipinski definition) is 5. The second kappa shape index (κ2) is 7.70. The molecular formula is C25H31ClF2O5. The number of hydrogen-bond donors (Lipinski definition) is 1. The first-order chi connectivity index (χ1) is 15.3. The number of allylic oxidation sites excluding steroid dienone is 4. The van der Waals surface area contributed by atoms with Crippen molar-refractivity contribution >= 4 is 29.1 Å². The van der Waals surface area contributed by atoms with Crippen LogP contribution in [0.1, 0.15) is 53.4 Å². The maximum Gasteiger partial charge on any atom is 0.306 e. The van der Waals surface area contributed by atoms with E-state index in [1.807, 2.05) is 0 Å². The molecule has 3 saturated carbocycles. The Hall–Kier alpha value is -1.60. The van der Waals surface area contributed by atoms with Crippen LogP contribution in [0.4, 0.5) is 8.78 Å². The molecule has 4 aliphatic rings. The summed E-state index contributed by atoms with van der Waals surface area (Å²) in [5.74, 6) is -3.84. The van der Waals surface area contributed by atoms with Gasteiger partial charge in [0.1, 0.15) is 6.17 Å². The molecule has 1 N–H and O–H groups in total. The van der Waals surface area contributed by atoms with E-state index in [0.717, 1.165) is 6.08 Å². The van der Waals surface area contributed by atoms with Gasteiger partial charge in [-0.2, -0.15) is 0 Å². The highest BCUT2D eigenvalue weighted by atomic mass is 35.5. The van der Waals surface area contributed by atoms with Crippen LogP contribution in [0, 0.1) is 28.6 Å². The monoisotopic (exact) mass is 484 g/mol. The van der Waals surface area contributed by atoms with E-state index < -0.39 is 75.5 Å². The Morgan fingerprint density at radius 2 is 1.94 bits per heavy atom. The summed E-state index contributed by atoms with van der Waals surface area (Å²) in [7, 11) is 0. The number of ketones is 2. The van der Waals surface area contributed by atoms with Crippen molar-refractivity contribution in [3.63, 3.8) is 0 Å². The van der Waals surface area contributed by atoms with Crippen LogP contribution in [-0.4, -0.2) is 52.1 Å². The molecule has 0 bridgehead atoms. The predicted molar refractivity (Wildman–Crippen MR) is 118 cm³/mol. The number of halogens is 3. The predicted octanol–water partition coefficient (Wildman–Crippen LogP) is 4.05. The fraction of sp³-hybridized carbons (Fsp3) is 0.720. The zero-order chi connectivity index (χ0) is 24.6. The molecule has 0 aromatic carbocycles. The number of fused-ring (bicyclic) bond motifs is 5. The number of esters is 1. The maximum absolute atomic E-state index is 17.2. The Morgan fingerprint density at radius 1 is 1.27 bits per heavy atom. The van der Waals surface area contributed by atoms with E-state index >= 15 is 8.78 Å². The summed E-state index contributed by atoms with van der Waals surface area (Å²) in [5.41, 5.74) is -6.47. The van der Waals surface area contributed by atoms with Crippen molar-refractivity contribution in [3.8, 4) is 0 Å². The summed E-state index contributed by atoms with van der Waals surface area (Å²) in [6.07, 6.45) is 0.584. The zero-order valence-corrected chi connectivity index (χ0v) is 20.1. The molecular weight excluding hydrogens is 454 g/mol. The number of carbonyl (C=O) groups is 3. The van der Waals surface area contributed by atoms with E-state index in [9.17, 15) is 19.5 Å². The third kappa shape index (κ3) is 2.87. The van der Waals surface area contributed by atoms with Crippen molar-refractivity contribution in [1.82, 2.24) is 0 Å². The number of alkyl halides is 3. The summed E-state index contributed by atoms with van der Waals surface area (Å²) in [5, 5.41) is 11.4. The van der Waals surface area contributed by atoms with Crippen LogP contribution in [0.3, 0.4) is 0 Å². The summed E-state index contributed by atoms with van der Waals surface area (Å²) in [4.78, 5) is 37.7.